The summed E-state index contributed by atoms with van der Waals surface area (Å²) in [5.74, 6) is 0. The van der Waals surface area contributed by atoms with E-state index in [0.29, 0.717) is 12.1 Å². The highest BCUT2D eigenvalue weighted by molar-refractivity contribution is 9.10. The number of thiophene rings is 1. The number of rotatable bonds is 4. The number of nitrogens with zero attached hydrogens (tertiary/aromatic N) is 2. The van der Waals surface area contributed by atoms with E-state index in [4.69, 9.17) is 0 Å². The molecule has 5 heteroatoms. The molecule has 18 heavy (non-hydrogen) atoms. The fourth-order valence-electron chi connectivity index (χ4n) is 3.12. The van der Waals surface area contributed by atoms with E-state index in [-0.39, 0.29) is 0 Å². The van der Waals surface area contributed by atoms with Gasteiger partial charge in [0.25, 0.3) is 0 Å². The van der Waals surface area contributed by atoms with Crippen molar-refractivity contribution < 1.29 is 0 Å². The highest BCUT2D eigenvalue weighted by atomic mass is 79.9. The van der Waals surface area contributed by atoms with Crippen LogP contribution in [0.1, 0.15) is 17.8 Å². The number of nitrogens with one attached hydrogen (secondary N) is 1. The smallest absolute Gasteiger partial charge is 0.0596 e. The number of hydrogen-bond donors (Lipinski definition) is 1. The fraction of sp³-hybridized carbons (Fsp3) is 0.692. The summed E-state index contributed by atoms with van der Waals surface area (Å²) in [5.41, 5.74) is 0. The van der Waals surface area contributed by atoms with E-state index in [1.807, 2.05) is 11.3 Å². The van der Waals surface area contributed by atoms with Crippen LogP contribution in [0.5, 0.6) is 0 Å². The zero-order valence-corrected chi connectivity index (χ0v) is 13.1. The van der Waals surface area contributed by atoms with Gasteiger partial charge in [0, 0.05) is 48.1 Å². The van der Waals surface area contributed by atoms with Gasteiger partial charge in [-0.25, -0.2) is 0 Å². The van der Waals surface area contributed by atoms with E-state index in [1.165, 1.54) is 42.1 Å². The lowest BCUT2D eigenvalue weighted by Gasteiger charge is -2.50. The van der Waals surface area contributed by atoms with Gasteiger partial charge in [0.1, 0.15) is 0 Å². The van der Waals surface area contributed by atoms with Crippen LogP contribution in [-0.2, 0) is 0 Å². The quantitative estimate of drug-likeness (QED) is 0.913. The molecule has 3 nitrogen and oxygen atoms in total. The van der Waals surface area contributed by atoms with Gasteiger partial charge >= 0.3 is 0 Å². The van der Waals surface area contributed by atoms with Gasteiger partial charge in [0.15, 0.2) is 0 Å². The van der Waals surface area contributed by atoms with Crippen molar-refractivity contribution in [3.05, 3.63) is 20.8 Å². The molecule has 2 unspecified atom stereocenters. The Morgan fingerprint density at radius 2 is 2.22 bits per heavy atom. The molecule has 2 bridgehead atoms. The molecular formula is C13H20BrN3S. The minimum Gasteiger partial charge on any atom is -0.308 e. The SMILES string of the molecule is CCNC(c1sccc1Br)C1CN2CCN1CC2. The van der Waals surface area contributed by atoms with E-state index in [2.05, 4.69) is 49.4 Å². The largest absolute Gasteiger partial charge is 0.308 e. The molecule has 1 aromatic heterocycles. The number of fused-ring (bicyclic) bond motifs is 3. The minimum absolute atomic E-state index is 0.465. The van der Waals surface area contributed by atoms with Gasteiger partial charge in [-0.05, 0) is 33.9 Å². The molecule has 3 fully saturated rings. The second kappa shape index (κ2) is 5.59. The van der Waals surface area contributed by atoms with Crippen LogP contribution in [0.2, 0.25) is 0 Å². The van der Waals surface area contributed by atoms with Crippen LogP contribution in [0.3, 0.4) is 0 Å². The molecule has 0 aromatic carbocycles. The lowest BCUT2D eigenvalue weighted by Crippen LogP contribution is -2.63. The third kappa shape index (κ3) is 2.39. The Balaban J connectivity index is 1.84. The van der Waals surface area contributed by atoms with Crippen LogP contribution in [0, 0.1) is 0 Å². The Hall–Kier alpha value is 0.0600. The number of hydrogen-bond acceptors (Lipinski definition) is 4. The highest BCUT2D eigenvalue weighted by Crippen LogP contribution is 2.34. The van der Waals surface area contributed by atoms with Crippen molar-refractivity contribution >= 4 is 27.3 Å². The first kappa shape index (κ1) is 13.1. The van der Waals surface area contributed by atoms with Crippen molar-refractivity contribution in [3.8, 4) is 0 Å². The van der Waals surface area contributed by atoms with Crippen molar-refractivity contribution in [1.82, 2.24) is 15.1 Å². The Labute approximate surface area is 121 Å². The Bertz CT molecular complexity index is 401. The molecular weight excluding hydrogens is 310 g/mol. The first-order chi connectivity index (χ1) is 8.79. The Morgan fingerprint density at radius 1 is 1.44 bits per heavy atom. The molecule has 100 valence electrons. The summed E-state index contributed by atoms with van der Waals surface area (Å²) in [6, 6.07) is 3.26. The van der Waals surface area contributed by atoms with E-state index < -0.39 is 0 Å². The molecule has 3 saturated heterocycles. The summed E-state index contributed by atoms with van der Waals surface area (Å²) in [5, 5.41) is 5.87. The summed E-state index contributed by atoms with van der Waals surface area (Å²) < 4.78 is 1.26. The molecule has 0 radical (unpaired) electrons. The van der Waals surface area contributed by atoms with Gasteiger partial charge < -0.3 is 5.32 Å². The molecule has 4 rings (SSSR count). The average Bonchev–Trinajstić information content (AvgIpc) is 2.83. The monoisotopic (exact) mass is 329 g/mol. The summed E-state index contributed by atoms with van der Waals surface area (Å²) >= 11 is 5.56. The zero-order valence-electron chi connectivity index (χ0n) is 10.7. The standard InChI is InChI=1S/C13H20BrN3S/c1-2-15-12(13-10(14)3-8-18-13)11-9-16-4-6-17(11)7-5-16/h3,8,11-12,15H,2,4-7,9H2,1H3. The van der Waals surface area contributed by atoms with Crippen molar-refractivity contribution in [2.45, 2.75) is 19.0 Å². The maximum atomic E-state index is 3.69. The van der Waals surface area contributed by atoms with Crippen molar-refractivity contribution in [2.75, 3.05) is 39.3 Å². The normalized spacial score (nSPS) is 32.7. The molecule has 3 aliphatic rings. The number of halogens is 1. The van der Waals surface area contributed by atoms with Crippen LogP contribution in [-0.4, -0.2) is 55.1 Å². The van der Waals surface area contributed by atoms with Crippen LogP contribution < -0.4 is 5.32 Å². The molecule has 0 saturated carbocycles. The topological polar surface area (TPSA) is 18.5 Å². The van der Waals surface area contributed by atoms with E-state index >= 15 is 0 Å². The van der Waals surface area contributed by atoms with E-state index in [1.54, 1.807) is 0 Å². The third-order valence-electron chi connectivity index (χ3n) is 4.06. The van der Waals surface area contributed by atoms with Gasteiger partial charge in [-0.2, -0.15) is 0 Å². The zero-order chi connectivity index (χ0) is 12.5. The average molecular weight is 330 g/mol. The number of piperazine rings is 3. The molecule has 0 aliphatic carbocycles. The second-order valence-electron chi connectivity index (χ2n) is 5.07. The molecule has 1 aromatic rings. The van der Waals surface area contributed by atoms with Gasteiger partial charge in [0.05, 0.1) is 6.04 Å². The summed E-state index contributed by atoms with van der Waals surface area (Å²) in [4.78, 5) is 6.73. The minimum atomic E-state index is 0.465. The Morgan fingerprint density at radius 3 is 2.72 bits per heavy atom. The van der Waals surface area contributed by atoms with Crippen LogP contribution in [0.4, 0.5) is 0 Å². The maximum Gasteiger partial charge on any atom is 0.0596 e. The van der Waals surface area contributed by atoms with E-state index in [9.17, 15) is 0 Å². The number of likely N-dealkylation sites (N-methyl/N-ethyl adjacent to an activating group) is 1. The molecule has 3 aliphatic heterocycles. The Kier molecular flexibility index (Phi) is 4.06. The third-order valence-corrected chi connectivity index (χ3v) is 6.01. The lowest BCUT2D eigenvalue weighted by molar-refractivity contribution is -0.00299. The lowest BCUT2D eigenvalue weighted by atomic mass is 9.99. The van der Waals surface area contributed by atoms with Crippen molar-refractivity contribution in [2.24, 2.45) is 0 Å². The summed E-state index contributed by atoms with van der Waals surface area (Å²) in [6.45, 7) is 9.40. The molecule has 1 N–H and O–H groups in total. The molecule has 0 spiro atoms. The van der Waals surface area contributed by atoms with Gasteiger partial charge in [-0.3, -0.25) is 9.80 Å². The predicted molar refractivity (Wildman–Crippen MR) is 80.2 cm³/mol. The van der Waals surface area contributed by atoms with Crippen LogP contribution in [0.15, 0.2) is 15.9 Å². The second-order valence-corrected chi connectivity index (χ2v) is 6.87. The van der Waals surface area contributed by atoms with Crippen molar-refractivity contribution in [1.29, 1.82) is 0 Å². The van der Waals surface area contributed by atoms with Gasteiger partial charge in [0.2, 0.25) is 0 Å². The first-order valence-electron chi connectivity index (χ1n) is 6.72. The molecule has 2 atom stereocenters. The summed E-state index contributed by atoms with van der Waals surface area (Å²) in [7, 11) is 0. The molecule has 4 heterocycles. The van der Waals surface area contributed by atoms with E-state index in [0.717, 1.165) is 6.54 Å². The maximum absolute atomic E-state index is 3.69. The fourth-order valence-corrected chi connectivity index (χ4v) is 4.88. The van der Waals surface area contributed by atoms with Crippen molar-refractivity contribution in [3.63, 3.8) is 0 Å². The van der Waals surface area contributed by atoms with Gasteiger partial charge in [-0.1, -0.05) is 6.92 Å². The summed E-state index contributed by atoms with van der Waals surface area (Å²) in [6.07, 6.45) is 0. The van der Waals surface area contributed by atoms with Crippen LogP contribution >= 0.6 is 27.3 Å². The first-order valence-corrected chi connectivity index (χ1v) is 8.39. The van der Waals surface area contributed by atoms with Crippen LogP contribution in [0.25, 0.3) is 0 Å². The predicted octanol–water partition coefficient (Wildman–Crippen LogP) is 2.16. The molecule has 0 amide bonds. The highest BCUT2D eigenvalue weighted by Gasteiger charge is 2.37. The van der Waals surface area contributed by atoms with Gasteiger partial charge in [-0.15, -0.1) is 11.3 Å².